The van der Waals surface area contributed by atoms with E-state index in [9.17, 15) is 4.79 Å². The van der Waals surface area contributed by atoms with Crippen LogP contribution in [-0.2, 0) is 11.2 Å². The summed E-state index contributed by atoms with van der Waals surface area (Å²) in [6, 6.07) is 2.00. The average molecular weight is 251 g/mol. The molecule has 0 saturated heterocycles. The largest absolute Gasteiger partial charge is 0.383 e. The van der Waals surface area contributed by atoms with Crippen LogP contribution in [0.15, 0.2) is 10.9 Å². The second-order valence-corrected chi connectivity index (χ2v) is 4.16. The van der Waals surface area contributed by atoms with Gasteiger partial charge in [-0.25, -0.2) is 19.3 Å². The van der Waals surface area contributed by atoms with E-state index in [0.29, 0.717) is 18.1 Å². The SMILES string of the molecule is CNC(COC)Cc1cc2n[nH]c(=O)n2c(C)n1. The summed E-state index contributed by atoms with van der Waals surface area (Å²) < 4.78 is 6.57. The zero-order chi connectivity index (χ0) is 13.1. The molecule has 2 N–H and O–H groups in total. The number of ether oxygens (including phenoxy) is 1. The molecule has 2 aromatic rings. The second-order valence-electron chi connectivity index (χ2n) is 4.16. The third-order valence-corrected chi connectivity index (χ3v) is 2.85. The molecule has 0 bridgehead atoms. The van der Waals surface area contributed by atoms with Crippen LogP contribution in [0.25, 0.3) is 5.65 Å². The molecule has 2 aromatic heterocycles. The lowest BCUT2D eigenvalue weighted by atomic mass is 10.1. The quantitative estimate of drug-likeness (QED) is 0.748. The van der Waals surface area contributed by atoms with Gasteiger partial charge in [-0.2, -0.15) is 5.10 Å². The van der Waals surface area contributed by atoms with Crippen molar-refractivity contribution in [3.8, 4) is 0 Å². The molecule has 2 heterocycles. The zero-order valence-electron chi connectivity index (χ0n) is 10.7. The monoisotopic (exact) mass is 251 g/mol. The molecule has 0 aromatic carbocycles. The van der Waals surface area contributed by atoms with Crippen LogP contribution in [0, 0.1) is 6.92 Å². The standard InChI is InChI=1S/C11H17N5O2/c1-7-13-8(4-9(12-2)6-18-3)5-10-14-15-11(17)16(7)10/h5,9,12H,4,6H2,1-3H3,(H,15,17). The minimum absolute atomic E-state index is 0.190. The van der Waals surface area contributed by atoms with Crippen molar-refractivity contribution in [3.63, 3.8) is 0 Å². The Kier molecular flexibility index (Phi) is 3.73. The third-order valence-electron chi connectivity index (χ3n) is 2.85. The van der Waals surface area contributed by atoms with E-state index in [1.165, 1.54) is 4.40 Å². The van der Waals surface area contributed by atoms with E-state index < -0.39 is 0 Å². The van der Waals surface area contributed by atoms with Crippen molar-refractivity contribution >= 4 is 5.65 Å². The molecule has 0 aliphatic carbocycles. The van der Waals surface area contributed by atoms with E-state index in [-0.39, 0.29) is 11.7 Å². The number of fused-ring (bicyclic) bond motifs is 1. The first-order valence-corrected chi connectivity index (χ1v) is 5.75. The van der Waals surface area contributed by atoms with Crippen LogP contribution in [-0.4, -0.2) is 46.4 Å². The Labute approximate surface area is 104 Å². The number of H-pyrrole nitrogens is 1. The van der Waals surface area contributed by atoms with E-state index in [0.717, 1.165) is 12.1 Å². The van der Waals surface area contributed by atoms with Gasteiger partial charge in [-0.15, -0.1) is 0 Å². The number of nitrogens with one attached hydrogen (secondary N) is 2. The van der Waals surface area contributed by atoms with Gasteiger partial charge in [-0.3, -0.25) is 0 Å². The maximum Gasteiger partial charge on any atom is 0.349 e. The summed E-state index contributed by atoms with van der Waals surface area (Å²) in [5.74, 6) is 0.633. The van der Waals surface area contributed by atoms with Crippen LogP contribution in [0.3, 0.4) is 0 Å². The van der Waals surface area contributed by atoms with Crippen molar-refractivity contribution in [3.05, 3.63) is 28.1 Å². The Hall–Kier alpha value is -1.73. The van der Waals surface area contributed by atoms with Crippen molar-refractivity contribution in [2.45, 2.75) is 19.4 Å². The number of aromatic nitrogens is 4. The Morgan fingerprint density at radius 3 is 3.06 bits per heavy atom. The molecule has 1 atom stereocenters. The fraction of sp³-hybridized carbons (Fsp3) is 0.545. The van der Waals surface area contributed by atoms with Crippen LogP contribution in [0.5, 0.6) is 0 Å². The first-order chi connectivity index (χ1) is 8.65. The topological polar surface area (TPSA) is 84.3 Å². The Morgan fingerprint density at radius 1 is 1.61 bits per heavy atom. The molecule has 0 amide bonds. The predicted molar refractivity (Wildman–Crippen MR) is 66.8 cm³/mol. The number of aromatic amines is 1. The van der Waals surface area contributed by atoms with Crippen molar-refractivity contribution in [1.82, 2.24) is 24.9 Å². The van der Waals surface area contributed by atoms with E-state index in [4.69, 9.17) is 4.74 Å². The molecule has 0 aliphatic rings. The van der Waals surface area contributed by atoms with Crippen LogP contribution in [0.4, 0.5) is 0 Å². The minimum atomic E-state index is -0.261. The molecule has 18 heavy (non-hydrogen) atoms. The highest BCUT2D eigenvalue weighted by Gasteiger charge is 2.11. The first-order valence-electron chi connectivity index (χ1n) is 5.75. The molecule has 7 heteroatoms. The fourth-order valence-electron chi connectivity index (χ4n) is 1.96. The summed E-state index contributed by atoms with van der Waals surface area (Å²) in [6.07, 6.45) is 0.725. The third kappa shape index (κ3) is 2.41. The van der Waals surface area contributed by atoms with Gasteiger partial charge in [0.15, 0.2) is 5.65 Å². The number of rotatable bonds is 5. The lowest BCUT2D eigenvalue weighted by Crippen LogP contribution is -2.32. The molecule has 0 aliphatic heterocycles. The van der Waals surface area contributed by atoms with Crippen molar-refractivity contribution in [2.24, 2.45) is 0 Å². The van der Waals surface area contributed by atoms with Crippen LogP contribution in [0.2, 0.25) is 0 Å². The van der Waals surface area contributed by atoms with E-state index in [1.54, 1.807) is 14.0 Å². The molecule has 0 saturated carbocycles. The first kappa shape index (κ1) is 12.7. The Bertz CT molecular complexity index is 589. The number of hydrogen-bond donors (Lipinski definition) is 2. The fourth-order valence-corrected chi connectivity index (χ4v) is 1.96. The van der Waals surface area contributed by atoms with Crippen molar-refractivity contribution in [2.75, 3.05) is 20.8 Å². The maximum absolute atomic E-state index is 11.5. The summed E-state index contributed by atoms with van der Waals surface area (Å²) in [5.41, 5.74) is 1.22. The highest BCUT2D eigenvalue weighted by molar-refractivity contribution is 5.38. The van der Waals surface area contributed by atoms with E-state index in [2.05, 4.69) is 20.5 Å². The van der Waals surface area contributed by atoms with Crippen LogP contribution in [0.1, 0.15) is 11.5 Å². The van der Waals surface area contributed by atoms with Gasteiger partial charge in [0.25, 0.3) is 0 Å². The van der Waals surface area contributed by atoms with Crippen molar-refractivity contribution < 1.29 is 4.74 Å². The van der Waals surface area contributed by atoms with Gasteiger partial charge < -0.3 is 10.1 Å². The minimum Gasteiger partial charge on any atom is -0.383 e. The molecular weight excluding hydrogens is 234 g/mol. The smallest absolute Gasteiger partial charge is 0.349 e. The average Bonchev–Trinajstić information content (AvgIpc) is 2.71. The van der Waals surface area contributed by atoms with Gasteiger partial charge in [-0.1, -0.05) is 0 Å². The van der Waals surface area contributed by atoms with Gasteiger partial charge in [0.2, 0.25) is 0 Å². The summed E-state index contributed by atoms with van der Waals surface area (Å²) in [5, 5.41) is 9.53. The molecule has 0 radical (unpaired) electrons. The molecule has 2 rings (SSSR count). The normalized spacial score (nSPS) is 13.1. The second kappa shape index (κ2) is 5.28. The number of nitrogens with zero attached hydrogens (tertiary/aromatic N) is 3. The number of hydrogen-bond acceptors (Lipinski definition) is 5. The molecule has 98 valence electrons. The van der Waals surface area contributed by atoms with Crippen LogP contribution < -0.4 is 11.0 Å². The number of methoxy groups -OCH3 is 1. The lowest BCUT2D eigenvalue weighted by Gasteiger charge is -2.14. The summed E-state index contributed by atoms with van der Waals surface area (Å²) in [4.78, 5) is 15.9. The van der Waals surface area contributed by atoms with Gasteiger partial charge in [0.1, 0.15) is 5.82 Å². The van der Waals surface area contributed by atoms with E-state index in [1.807, 2.05) is 13.1 Å². The van der Waals surface area contributed by atoms with Gasteiger partial charge in [0.05, 0.1) is 6.61 Å². The highest BCUT2D eigenvalue weighted by atomic mass is 16.5. The maximum atomic E-state index is 11.5. The zero-order valence-corrected chi connectivity index (χ0v) is 10.7. The number of likely N-dealkylation sites (N-methyl/N-ethyl adjacent to an activating group) is 1. The van der Waals surface area contributed by atoms with Crippen LogP contribution >= 0.6 is 0 Å². The van der Waals surface area contributed by atoms with Gasteiger partial charge in [0, 0.05) is 31.3 Å². The summed E-state index contributed by atoms with van der Waals surface area (Å²) in [7, 11) is 3.55. The Morgan fingerprint density at radius 2 is 2.39 bits per heavy atom. The predicted octanol–water partition coefficient (Wildman–Crippen LogP) is -0.497. The summed E-state index contributed by atoms with van der Waals surface area (Å²) >= 11 is 0. The van der Waals surface area contributed by atoms with Gasteiger partial charge >= 0.3 is 5.69 Å². The molecular formula is C11H17N5O2. The number of aryl methyl sites for hydroxylation is 1. The molecule has 7 nitrogen and oxygen atoms in total. The molecule has 0 spiro atoms. The molecule has 1 unspecified atom stereocenters. The Balaban J connectivity index is 2.32. The summed E-state index contributed by atoms with van der Waals surface area (Å²) in [6.45, 7) is 2.40. The highest BCUT2D eigenvalue weighted by Crippen LogP contribution is 2.05. The van der Waals surface area contributed by atoms with Crippen molar-refractivity contribution in [1.29, 1.82) is 0 Å². The lowest BCUT2D eigenvalue weighted by molar-refractivity contribution is 0.169. The van der Waals surface area contributed by atoms with Gasteiger partial charge in [-0.05, 0) is 14.0 Å². The molecule has 0 fully saturated rings. The van der Waals surface area contributed by atoms with E-state index >= 15 is 0 Å².